The lowest BCUT2D eigenvalue weighted by Gasteiger charge is -2.23. The molecule has 0 bridgehead atoms. The number of benzene rings is 1. The molecular weight excluding hydrogens is 330 g/mol. The van der Waals surface area contributed by atoms with Crippen molar-refractivity contribution in [3.63, 3.8) is 0 Å². The predicted octanol–water partition coefficient (Wildman–Crippen LogP) is 3.12. The molecule has 3 N–H and O–H groups in total. The molecule has 1 atom stereocenters. The van der Waals surface area contributed by atoms with E-state index in [-0.39, 0.29) is 6.03 Å². The van der Waals surface area contributed by atoms with E-state index >= 15 is 0 Å². The number of hydrogen-bond acceptors (Lipinski definition) is 5. The van der Waals surface area contributed by atoms with Crippen LogP contribution in [-0.4, -0.2) is 35.7 Å². The van der Waals surface area contributed by atoms with Gasteiger partial charge >= 0.3 is 6.03 Å². The summed E-state index contributed by atoms with van der Waals surface area (Å²) < 4.78 is 5.99. The molecule has 7 heteroatoms. The quantitative estimate of drug-likeness (QED) is 0.767. The Morgan fingerprint density at radius 2 is 2.15 bits per heavy atom. The second-order valence-electron chi connectivity index (χ2n) is 6.65. The lowest BCUT2D eigenvalue weighted by Crippen LogP contribution is -2.33. The standard InChI is InChI=1S/C19H25N5O2/c1-13-5-6-17(26-12-15-4-3-7-20-10-15)16(8-13)23-19(25)24-18-11-21-14(2)9-22-18/h5-6,8-9,11,15,20H,3-4,7,10,12H2,1-2H3,(H2,22,23,24,25). The summed E-state index contributed by atoms with van der Waals surface area (Å²) >= 11 is 0. The van der Waals surface area contributed by atoms with E-state index in [9.17, 15) is 4.79 Å². The lowest BCUT2D eigenvalue weighted by molar-refractivity contribution is 0.219. The number of nitrogens with one attached hydrogen (secondary N) is 3. The SMILES string of the molecule is Cc1ccc(OCC2CCCNC2)c(NC(=O)Nc2cnc(C)cn2)c1. The number of urea groups is 1. The number of ether oxygens (including phenoxy) is 1. The van der Waals surface area contributed by atoms with Crippen LogP contribution in [-0.2, 0) is 0 Å². The molecule has 1 unspecified atom stereocenters. The summed E-state index contributed by atoms with van der Waals surface area (Å²) in [6.45, 7) is 6.51. The highest BCUT2D eigenvalue weighted by atomic mass is 16.5. The summed E-state index contributed by atoms with van der Waals surface area (Å²) in [4.78, 5) is 20.5. The molecule has 1 fully saturated rings. The first-order valence-corrected chi connectivity index (χ1v) is 8.91. The van der Waals surface area contributed by atoms with Gasteiger partial charge in [0.1, 0.15) is 5.75 Å². The molecule has 2 heterocycles. The summed E-state index contributed by atoms with van der Waals surface area (Å²) in [5, 5.41) is 8.91. The highest BCUT2D eigenvalue weighted by Crippen LogP contribution is 2.27. The van der Waals surface area contributed by atoms with Crippen molar-refractivity contribution in [1.82, 2.24) is 15.3 Å². The second-order valence-corrected chi connectivity index (χ2v) is 6.65. The molecular formula is C19H25N5O2. The Morgan fingerprint density at radius 3 is 2.88 bits per heavy atom. The highest BCUT2D eigenvalue weighted by Gasteiger charge is 2.15. The molecule has 138 valence electrons. The first kappa shape index (κ1) is 18.1. The van der Waals surface area contributed by atoms with E-state index in [0.717, 1.165) is 30.8 Å². The van der Waals surface area contributed by atoms with Crippen molar-refractivity contribution in [3.05, 3.63) is 41.9 Å². The van der Waals surface area contributed by atoms with Crippen LogP contribution in [0.2, 0.25) is 0 Å². The zero-order chi connectivity index (χ0) is 18.4. The van der Waals surface area contributed by atoms with E-state index in [0.29, 0.717) is 29.8 Å². The largest absolute Gasteiger partial charge is 0.491 e. The van der Waals surface area contributed by atoms with E-state index in [4.69, 9.17) is 4.74 Å². The van der Waals surface area contributed by atoms with Crippen LogP contribution in [0.4, 0.5) is 16.3 Å². The number of aryl methyl sites for hydroxylation is 2. The third-order valence-electron chi connectivity index (χ3n) is 4.28. The van der Waals surface area contributed by atoms with Crippen LogP contribution in [0.15, 0.2) is 30.6 Å². The molecule has 2 aromatic rings. The minimum absolute atomic E-state index is 0.377. The number of amides is 2. The van der Waals surface area contributed by atoms with Gasteiger partial charge in [0.2, 0.25) is 0 Å². The van der Waals surface area contributed by atoms with Gasteiger partial charge in [0.05, 0.1) is 30.4 Å². The third kappa shape index (κ3) is 5.16. The third-order valence-corrected chi connectivity index (χ3v) is 4.28. The number of hydrogen-bond donors (Lipinski definition) is 3. The van der Waals surface area contributed by atoms with Crippen molar-refractivity contribution in [2.45, 2.75) is 26.7 Å². The van der Waals surface area contributed by atoms with E-state index < -0.39 is 0 Å². The molecule has 1 aromatic heterocycles. The Balaban J connectivity index is 1.62. The average Bonchev–Trinajstić information content (AvgIpc) is 2.64. The van der Waals surface area contributed by atoms with E-state index in [2.05, 4.69) is 25.9 Å². The molecule has 26 heavy (non-hydrogen) atoms. The molecule has 1 aromatic carbocycles. The van der Waals surface area contributed by atoms with Gasteiger partial charge in [0, 0.05) is 12.5 Å². The Labute approximate surface area is 153 Å². The van der Waals surface area contributed by atoms with Gasteiger partial charge in [-0.2, -0.15) is 0 Å². The zero-order valence-corrected chi connectivity index (χ0v) is 15.2. The molecule has 1 aliphatic heterocycles. The van der Waals surface area contributed by atoms with Crippen molar-refractivity contribution < 1.29 is 9.53 Å². The van der Waals surface area contributed by atoms with Crippen LogP contribution >= 0.6 is 0 Å². The monoisotopic (exact) mass is 355 g/mol. The predicted molar refractivity (Wildman–Crippen MR) is 102 cm³/mol. The Hall–Kier alpha value is -2.67. The van der Waals surface area contributed by atoms with Crippen LogP contribution in [0.3, 0.4) is 0 Å². The summed E-state index contributed by atoms with van der Waals surface area (Å²) in [6, 6.07) is 5.39. The van der Waals surface area contributed by atoms with Crippen LogP contribution in [0, 0.1) is 19.8 Å². The number of aromatic nitrogens is 2. The lowest BCUT2D eigenvalue weighted by atomic mass is 10.0. The zero-order valence-electron chi connectivity index (χ0n) is 15.2. The Kier molecular flexibility index (Phi) is 6.01. The first-order chi connectivity index (χ1) is 12.6. The van der Waals surface area contributed by atoms with Crippen molar-refractivity contribution in [2.75, 3.05) is 30.3 Å². The van der Waals surface area contributed by atoms with E-state index in [1.165, 1.54) is 12.6 Å². The maximum Gasteiger partial charge on any atom is 0.324 e. The topological polar surface area (TPSA) is 88.2 Å². The number of anilines is 2. The molecule has 0 spiro atoms. The maximum atomic E-state index is 12.3. The van der Waals surface area contributed by atoms with Crippen LogP contribution < -0.4 is 20.7 Å². The second kappa shape index (κ2) is 8.62. The number of rotatable bonds is 5. The van der Waals surface area contributed by atoms with E-state index in [1.54, 1.807) is 6.20 Å². The number of nitrogens with zero attached hydrogens (tertiary/aromatic N) is 2. The fourth-order valence-electron chi connectivity index (χ4n) is 2.87. The summed E-state index contributed by atoms with van der Waals surface area (Å²) in [6.07, 6.45) is 5.47. The molecule has 0 radical (unpaired) electrons. The van der Waals surface area contributed by atoms with Crippen LogP contribution in [0.25, 0.3) is 0 Å². The van der Waals surface area contributed by atoms with Gasteiger partial charge in [-0.05, 0) is 50.9 Å². The van der Waals surface area contributed by atoms with E-state index in [1.807, 2.05) is 32.0 Å². The minimum Gasteiger partial charge on any atom is -0.491 e. The molecule has 1 aliphatic rings. The molecule has 1 saturated heterocycles. The van der Waals surface area contributed by atoms with Gasteiger partial charge in [0.25, 0.3) is 0 Å². The normalized spacial score (nSPS) is 16.8. The van der Waals surface area contributed by atoms with Gasteiger partial charge in [-0.25, -0.2) is 9.78 Å². The average molecular weight is 355 g/mol. The minimum atomic E-state index is -0.377. The van der Waals surface area contributed by atoms with Crippen molar-refractivity contribution >= 4 is 17.5 Å². The molecule has 0 saturated carbocycles. The fourth-order valence-corrected chi connectivity index (χ4v) is 2.87. The van der Waals surface area contributed by atoms with Gasteiger partial charge in [-0.1, -0.05) is 6.07 Å². The Bertz CT molecular complexity index is 742. The van der Waals surface area contributed by atoms with Gasteiger partial charge < -0.3 is 15.4 Å². The maximum absolute atomic E-state index is 12.3. The van der Waals surface area contributed by atoms with Gasteiger partial charge in [-0.3, -0.25) is 10.3 Å². The summed E-state index contributed by atoms with van der Waals surface area (Å²) in [5.74, 6) is 1.57. The van der Waals surface area contributed by atoms with Gasteiger partial charge in [0.15, 0.2) is 5.82 Å². The Morgan fingerprint density at radius 1 is 1.27 bits per heavy atom. The number of piperidine rings is 1. The van der Waals surface area contributed by atoms with Gasteiger partial charge in [-0.15, -0.1) is 0 Å². The summed E-state index contributed by atoms with van der Waals surface area (Å²) in [5.41, 5.74) is 2.48. The molecule has 7 nitrogen and oxygen atoms in total. The van der Waals surface area contributed by atoms with Crippen molar-refractivity contribution in [2.24, 2.45) is 5.92 Å². The van der Waals surface area contributed by atoms with Crippen LogP contribution in [0.5, 0.6) is 5.75 Å². The van der Waals surface area contributed by atoms with Crippen LogP contribution in [0.1, 0.15) is 24.1 Å². The number of carbonyl (C=O) groups excluding carboxylic acids is 1. The highest BCUT2D eigenvalue weighted by molar-refractivity contribution is 6.00. The molecule has 3 rings (SSSR count). The smallest absolute Gasteiger partial charge is 0.324 e. The molecule has 0 aliphatic carbocycles. The van der Waals surface area contributed by atoms with Crippen molar-refractivity contribution in [3.8, 4) is 5.75 Å². The summed E-state index contributed by atoms with van der Waals surface area (Å²) in [7, 11) is 0. The fraction of sp³-hybridized carbons (Fsp3) is 0.421. The molecule has 2 amide bonds. The first-order valence-electron chi connectivity index (χ1n) is 8.91. The number of carbonyl (C=O) groups is 1. The van der Waals surface area contributed by atoms with Crippen molar-refractivity contribution in [1.29, 1.82) is 0 Å².